The number of carbonyl (C=O) groups excluding carboxylic acids is 1. The number of likely N-dealkylation sites (tertiary alicyclic amines) is 1. The number of benzene rings is 1. The van der Waals surface area contributed by atoms with Crippen LogP contribution >= 0.6 is 11.6 Å². The van der Waals surface area contributed by atoms with E-state index in [0.29, 0.717) is 42.7 Å². The summed E-state index contributed by atoms with van der Waals surface area (Å²) >= 11 is 5.96. The van der Waals surface area contributed by atoms with Gasteiger partial charge in [-0.2, -0.15) is 18.2 Å². The second-order valence-electron chi connectivity index (χ2n) is 6.24. The van der Waals surface area contributed by atoms with Crippen LogP contribution in [-0.4, -0.2) is 40.2 Å². The van der Waals surface area contributed by atoms with Gasteiger partial charge in [-0.15, -0.1) is 0 Å². The highest BCUT2D eigenvalue weighted by Crippen LogP contribution is 2.30. The first-order valence-electron chi connectivity index (χ1n) is 8.26. The Kier molecular flexibility index (Phi) is 5.50. The number of hydrogen-bond acceptors (Lipinski definition) is 4. The highest BCUT2D eigenvalue weighted by molar-refractivity contribution is 6.30. The van der Waals surface area contributed by atoms with Gasteiger partial charge in [0.1, 0.15) is 0 Å². The SMILES string of the molecule is O=C(CCC(F)(F)F)N1CCC(c2nc(-c3cccc(Cl)c3)no2)CC1. The van der Waals surface area contributed by atoms with Crippen molar-refractivity contribution in [3.05, 3.63) is 35.2 Å². The third kappa shape index (κ3) is 4.75. The molecule has 0 N–H and O–H groups in total. The normalized spacial score (nSPS) is 16.1. The van der Waals surface area contributed by atoms with Crippen molar-refractivity contribution in [1.29, 1.82) is 0 Å². The summed E-state index contributed by atoms with van der Waals surface area (Å²) in [6.07, 6.45) is -4.75. The summed E-state index contributed by atoms with van der Waals surface area (Å²) in [5.41, 5.74) is 0.743. The quantitative estimate of drug-likeness (QED) is 0.778. The molecule has 5 nitrogen and oxygen atoms in total. The fourth-order valence-electron chi connectivity index (χ4n) is 2.93. The Labute approximate surface area is 153 Å². The van der Waals surface area contributed by atoms with Crippen molar-refractivity contribution in [1.82, 2.24) is 15.0 Å². The third-order valence-corrected chi connectivity index (χ3v) is 4.58. The van der Waals surface area contributed by atoms with Crippen molar-refractivity contribution in [3.63, 3.8) is 0 Å². The Morgan fingerprint density at radius 2 is 2.04 bits per heavy atom. The second kappa shape index (κ2) is 7.65. The number of rotatable bonds is 4. The lowest BCUT2D eigenvalue weighted by Crippen LogP contribution is -2.38. The van der Waals surface area contributed by atoms with Gasteiger partial charge in [0.2, 0.25) is 17.6 Å². The lowest BCUT2D eigenvalue weighted by molar-refractivity contribution is -0.149. The van der Waals surface area contributed by atoms with E-state index in [1.54, 1.807) is 18.2 Å². The van der Waals surface area contributed by atoms with Crippen molar-refractivity contribution in [2.24, 2.45) is 0 Å². The van der Waals surface area contributed by atoms with Crippen LogP contribution in [0.25, 0.3) is 11.4 Å². The number of piperidine rings is 1. The highest BCUT2D eigenvalue weighted by Gasteiger charge is 2.31. The molecule has 0 bridgehead atoms. The summed E-state index contributed by atoms with van der Waals surface area (Å²) < 4.78 is 42.0. The Hall–Kier alpha value is -2.09. The van der Waals surface area contributed by atoms with Gasteiger partial charge in [0.05, 0.1) is 6.42 Å². The molecule has 0 saturated carbocycles. The molecule has 3 rings (SSSR count). The van der Waals surface area contributed by atoms with E-state index in [1.807, 2.05) is 6.07 Å². The predicted molar refractivity (Wildman–Crippen MR) is 88.6 cm³/mol. The molecule has 140 valence electrons. The van der Waals surface area contributed by atoms with Gasteiger partial charge in [0.25, 0.3) is 0 Å². The predicted octanol–water partition coefficient (Wildman–Crippen LogP) is 4.44. The molecule has 2 heterocycles. The number of aromatic nitrogens is 2. The van der Waals surface area contributed by atoms with Gasteiger partial charge >= 0.3 is 6.18 Å². The van der Waals surface area contributed by atoms with Gasteiger partial charge in [-0.25, -0.2) is 0 Å². The van der Waals surface area contributed by atoms with Crippen molar-refractivity contribution < 1.29 is 22.5 Å². The molecule has 0 atom stereocenters. The molecule has 0 aliphatic carbocycles. The third-order valence-electron chi connectivity index (χ3n) is 4.34. The molecule has 1 saturated heterocycles. The van der Waals surface area contributed by atoms with E-state index in [0.717, 1.165) is 5.56 Å². The molecule has 1 aromatic heterocycles. The summed E-state index contributed by atoms with van der Waals surface area (Å²) in [6.45, 7) is 0.770. The summed E-state index contributed by atoms with van der Waals surface area (Å²) in [7, 11) is 0. The summed E-state index contributed by atoms with van der Waals surface area (Å²) in [5.74, 6) is 0.432. The van der Waals surface area contributed by atoms with Gasteiger partial charge in [-0.3, -0.25) is 4.79 Å². The van der Waals surface area contributed by atoms with E-state index in [2.05, 4.69) is 10.1 Å². The molecular weight excluding hydrogens is 371 g/mol. The van der Waals surface area contributed by atoms with Crippen molar-refractivity contribution in [3.8, 4) is 11.4 Å². The van der Waals surface area contributed by atoms with Gasteiger partial charge in [0.15, 0.2) is 0 Å². The highest BCUT2D eigenvalue weighted by atomic mass is 35.5. The van der Waals surface area contributed by atoms with Crippen molar-refractivity contribution in [2.75, 3.05) is 13.1 Å². The summed E-state index contributed by atoms with van der Waals surface area (Å²) in [6, 6.07) is 7.09. The van der Waals surface area contributed by atoms with Crippen LogP contribution in [0.3, 0.4) is 0 Å². The first-order chi connectivity index (χ1) is 12.3. The van der Waals surface area contributed by atoms with Gasteiger partial charge in [-0.05, 0) is 25.0 Å². The molecule has 1 fully saturated rings. The zero-order valence-corrected chi connectivity index (χ0v) is 14.6. The summed E-state index contributed by atoms with van der Waals surface area (Å²) in [4.78, 5) is 17.7. The first-order valence-corrected chi connectivity index (χ1v) is 8.64. The molecular formula is C17H17ClF3N3O2. The van der Waals surface area contributed by atoms with Crippen LogP contribution in [0.2, 0.25) is 5.02 Å². The van der Waals surface area contributed by atoms with E-state index in [1.165, 1.54) is 4.90 Å². The number of nitrogens with zero attached hydrogens (tertiary/aromatic N) is 3. The van der Waals surface area contributed by atoms with Crippen LogP contribution in [0, 0.1) is 0 Å². The largest absolute Gasteiger partial charge is 0.389 e. The average molecular weight is 388 g/mol. The zero-order valence-electron chi connectivity index (χ0n) is 13.8. The van der Waals surface area contributed by atoms with Gasteiger partial charge < -0.3 is 9.42 Å². The van der Waals surface area contributed by atoms with E-state index in [4.69, 9.17) is 16.1 Å². The Morgan fingerprint density at radius 3 is 2.69 bits per heavy atom. The standard InChI is InChI=1S/C17H17ClF3N3O2/c18-13-3-1-2-12(10-13)15-22-16(26-23-15)11-5-8-24(9-6-11)14(25)4-7-17(19,20)21/h1-3,10-11H,4-9H2. The molecule has 2 aromatic rings. The number of hydrogen-bond donors (Lipinski definition) is 0. The van der Waals surface area contributed by atoms with E-state index in [9.17, 15) is 18.0 Å². The minimum Gasteiger partial charge on any atom is -0.343 e. The lowest BCUT2D eigenvalue weighted by atomic mass is 9.96. The van der Waals surface area contributed by atoms with E-state index < -0.39 is 24.9 Å². The Morgan fingerprint density at radius 1 is 1.31 bits per heavy atom. The molecule has 1 aliphatic heterocycles. The van der Waals surface area contributed by atoms with Crippen LogP contribution in [0.4, 0.5) is 13.2 Å². The Balaban J connectivity index is 1.56. The maximum absolute atomic E-state index is 12.2. The minimum absolute atomic E-state index is 0.0119. The minimum atomic E-state index is -4.31. The molecule has 1 aromatic carbocycles. The molecule has 1 aliphatic rings. The van der Waals surface area contributed by atoms with Crippen LogP contribution in [0.15, 0.2) is 28.8 Å². The maximum atomic E-state index is 12.2. The average Bonchev–Trinajstić information content (AvgIpc) is 3.09. The van der Waals surface area contributed by atoms with Crippen LogP contribution in [0.1, 0.15) is 37.5 Å². The number of carbonyl (C=O) groups is 1. The maximum Gasteiger partial charge on any atom is 0.389 e. The smallest absolute Gasteiger partial charge is 0.343 e. The zero-order chi connectivity index (χ0) is 18.7. The number of halogens is 4. The molecule has 1 amide bonds. The monoisotopic (exact) mass is 387 g/mol. The van der Waals surface area contributed by atoms with Crippen LogP contribution in [-0.2, 0) is 4.79 Å². The number of amides is 1. The Bertz CT molecular complexity index is 771. The topological polar surface area (TPSA) is 59.2 Å². The second-order valence-corrected chi connectivity index (χ2v) is 6.67. The summed E-state index contributed by atoms with van der Waals surface area (Å²) in [5, 5.41) is 4.53. The first kappa shape index (κ1) is 18.7. The molecule has 9 heteroatoms. The number of alkyl halides is 3. The van der Waals surface area contributed by atoms with Gasteiger partial charge in [0, 0.05) is 36.0 Å². The lowest BCUT2D eigenvalue weighted by Gasteiger charge is -2.30. The van der Waals surface area contributed by atoms with Crippen molar-refractivity contribution >= 4 is 17.5 Å². The fourth-order valence-corrected chi connectivity index (χ4v) is 3.12. The van der Waals surface area contributed by atoms with Gasteiger partial charge in [-0.1, -0.05) is 28.9 Å². The van der Waals surface area contributed by atoms with Crippen LogP contribution in [0.5, 0.6) is 0 Å². The van der Waals surface area contributed by atoms with Crippen molar-refractivity contribution in [2.45, 2.75) is 37.8 Å². The molecule has 0 radical (unpaired) electrons. The molecule has 26 heavy (non-hydrogen) atoms. The fraction of sp³-hybridized carbons (Fsp3) is 0.471. The molecule has 0 unspecified atom stereocenters. The molecule has 0 spiro atoms. The van der Waals surface area contributed by atoms with E-state index >= 15 is 0 Å². The van der Waals surface area contributed by atoms with E-state index in [-0.39, 0.29) is 5.92 Å². The van der Waals surface area contributed by atoms with Crippen LogP contribution < -0.4 is 0 Å².